The minimum atomic E-state index is -0.479. The van der Waals surface area contributed by atoms with Crippen molar-refractivity contribution >= 4 is 11.6 Å². The number of benzene rings is 2. The molecular weight excluding hydrogens is 281 g/mol. The Morgan fingerprint density at radius 3 is 2.82 bits per heavy atom. The summed E-state index contributed by atoms with van der Waals surface area (Å²) in [7, 11) is 0. The number of amides is 1. The SMILES string of the molecule is N#Cc1ccc(CN2c3ccccc3C[C@H]2C(N)=O)c(F)c1. The molecule has 0 spiro atoms. The summed E-state index contributed by atoms with van der Waals surface area (Å²) < 4.78 is 14.1. The van der Waals surface area contributed by atoms with Crippen LogP contribution in [-0.4, -0.2) is 11.9 Å². The van der Waals surface area contributed by atoms with E-state index in [9.17, 15) is 9.18 Å². The van der Waals surface area contributed by atoms with Crippen LogP contribution in [0.4, 0.5) is 10.1 Å². The largest absolute Gasteiger partial charge is 0.368 e. The molecule has 1 heterocycles. The van der Waals surface area contributed by atoms with Crippen molar-refractivity contribution in [3.05, 3.63) is 65.0 Å². The lowest BCUT2D eigenvalue weighted by atomic mass is 10.1. The Bertz CT molecular complexity index is 782. The van der Waals surface area contributed by atoms with Gasteiger partial charge in [-0.1, -0.05) is 24.3 Å². The number of nitrogens with zero attached hydrogens (tertiary/aromatic N) is 2. The van der Waals surface area contributed by atoms with Gasteiger partial charge in [0.2, 0.25) is 5.91 Å². The van der Waals surface area contributed by atoms with Gasteiger partial charge in [-0.05, 0) is 23.8 Å². The molecule has 4 nitrogen and oxygen atoms in total. The first-order chi connectivity index (χ1) is 10.6. The van der Waals surface area contributed by atoms with Gasteiger partial charge in [0, 0.05) is 24.2 Å². The number of primary amides is 1. The maximum Gasteiger partial charge on any atom is 0.240 e. The highest BCUT2D eigenvalue weighted by molar-refractivity contribution is 5.86. The van der Waals surface area contributed by atoms with E-state index in [4.69, 9.17) is 11.0 Å². The van der Waals surface area contributed by atoms with E-state index in [1.54, 1.807) is 12.1 Å². The third-order valence-corrected chi connectivity index (χ3v) is 3.94. The summed E-state index contributed by atoms with van der Waals surface area (Å²) in [5.74, 6) is -0.878. The summed E-state index contributed by atoms with van der Waals surface area (Å²) in [6, 6.07) is 13.4. The van der Waals surface area contributed by atoms with Gasteiger partial charge in [0.1, 0.15) is 11.9 Å². The molecule has 1 amide bonds. The van der Waals surface area contributed by atoms with Crippen LogP contribution in [0, 0.1) is 17.1 Å². The molecule has 0 aliphatic carbocycles. The maximum atomic E-state index is 14.1. The van der Waals surface area contributed by atoms with Crippen LogP contribution in [0.2, 0.25) is 0 Å². The van der Waals surface area contributed by atoms with Crippen LogP contribution in [0.1, 0.15) is 16.7 Å². The van der Waals surface area contributed by atoms with Crippen LogP contribution in [-0.2, 0) is 17.8 Å². The monoisotopic (exact) mass is 295 g/mol. The number of fused-ring (bicyclic) bond motifs is 1. The van der Waals surface area contributed by atoms with E-state index in [1.807, 2.05) is 35.2 Å². The second-order valence-corrected chi connectivity index (χ2v) is 5.30. The average molecular weight is 295 g/mol. The smallest absolute Gasteiger partial charge is 0.240 e. The molecule has 2 aromatic carbocycles. The molecule has 0 saturated heterocycles. The van der Waals surface area contributed by atoms with Crippen molar-refractivity contribution < 1.29 is 9.18 Å². The van der Waals surface area contributed by atoms with Gasteiger partial charge in [0.15, 0.2) is 0 Å². The van der Waals surface area contributed by atoms with Crippen LogP contribution < -0.4 is 10.6 Å². The summed E-state index contributed by atoms with van der Waals surface area (Å²) in [6.45, 7) is 0.238. The molecule has 0 unspecified atom stereocenters. The summed E-state index contributed by atoms with van der Waals surface area (Å²) in [5.41, 5.74) is 8.12. The van der Waals surface area contributed by atoms with Crippen LogP contribution in [0.15, 0.2) is 42.5 Å². The van der Waals surface area contributed by atoms with Crippen molar-refractivity contribution in [1.82, 2.24) is 0 Å². The number of nitriles is 1. The minimum Gasteiger partial charge on any atom is -0.368 e. The molecule has 22 heavy (non-hydrogen) atoms. The van der Waals surface area contributed by atoms with E-state index in [-0.39, 0.29) is 12.1 Å². The standard InChI is InChI=1S/C17H14FN3O/c18-14-7-11(9-19)5-6-13(14)10-21-15-4-2-1-3-12(15)8-16(21)17(20)22/h1-7,16H,8,10H2,(H2,20,22)/t16-/m0/s1. The second-order valence-electron chi connectivity index (χ2n) is 5.30. The molecule has 0 fully saturated rings. The highest BCUT2D eigenvalue weighted by Crippen LogP contribution is 2.33. The maximum absolute atomic E-state index is 14.1. The lowest BCUT2D eigenvalue weighted by molar-refractivity contribution is -0.119. The number of hydrogen-bond acceptors (Lipinski definition) is 3. The zero-order valence-electron chi connectivity index (χ0n) is 11.8. The van der Waals surface area contributed by atoms with Crippen LogP contribution in [0.5, 0.6) is 0 Å². The first-order valence-electron chi connectivity index (χ1n) is 6.92. The molecule has 1 aliphatic rings. The number of hydrogen-bond donors (Lipinski definition) is 1. The average Bonchev–Trinajstić information content (AvgIpc) is 2.88. The van der Waals surface area contributed by atoms with Gasteiger partial charge in [-0.25, -0.2) is 4.39 Å². The summed E-state index contributed by atoms with van der Waals surface area (Å²) in [4.78, 5) is 13.5. The summed E-state index contributed by atoms with van der Waals surface area (Å²) in [5, 5.41) is 8.79. The molecule has 0 saturated carbocycles. The molecular formula is C17H14FN3O. The van der Waals surface area contributed by atoms with Gasteiger partial charge in [-0.15, -0.1) is 0 Å². The molecule has 5 heteroatoms. The second kappa shape index (κ2) is 5.49. The normalized spacial score (nSPS) is 16.2. The number of carbonyl (C=O) groups excluding carboxylic acids is 1. The number of nitrogens with two attached hydrogens (primary N) is 1. The Morgan fingerprint density at radius 2 is 2.14 bits per heavy atom. The van der Waals surface area contributed by atoms with Crippen molar-refractivity contribution in [2.24, 2.45) is 5.73 Å². The van der Waals surface area contributed by atoms with Crippen molar-refractivity contribution in [1.29, 1.82) is 5.26 Å². The van der Waals surface area contributed by atoms with Crippen molar-refractivity contribution in [2.45, 2.75) is 19.0 Å². The molecule has 1 aliphatic heterocycles. The number of anilines is 1. The molecule has 2 aromatic rings. The summed E-state index contributed by atoms with van der Waals surface area (Å²) in [6.07, 6.45) is 0.531. The predicted octanol–water partition coefficient (Wildman–Crippen LogP) is 2.11. The number of carbonyl (C=O) groups is 1. The van der Waals surface area contributed by atoms with Gasteiger partial charge in [0.25, 0.3) is 0 Å². The summed E-state index contributed by atoms with van der Waals surface area (Å²) >= 11 is 0. The quantitative estimate of drug-likeness (QED) is 0.943. The number of halogens is 1. The Balaban J connectivity index is 1.96. The lowest BCUT2D eigenvalue weighted by Crippen LogP contribution is -2.42. The Hall–Kier alpha value is -2.87. The molecule has 3 rings (SSSR count). The highest BCUT2D eigenvalue weighted by atomic mass is 19.1. The Labute approximate surface area is 127 Å². The van der Waals surface area contributed by atoms with E-state index in [0.29, 0.717) is 12.0 Å². The van der Waals surface area contributed by atoms with Crippen molar-refractivity contribution in [2.75, 3.05) is 4.90 Å². The Kier molecular flexibility index (Phi) is 3.51. The van der Waals surface area contributed by atoms with E-state index >= 15 is 0 Å². The third kappa shape index (κ3) is 2.40. The molecule has 2 N–H and O–H groups in total. The fourth-order valence-corrected chi connectivity index (χ4v) is 2.83. The van der Waals surface area contributed by atoms with Crippen LogP contribution in [0.25, 0.3) is 0 Å². The number of para-hydroxylation sites is 1. The van der Waals surface area contributed by atoms with Gasteiger partial charge >= 0.3 is 0 Å². The van der Waals surface area contributed by atoms with Gasteiger partial charge in [-0.3, -0.25) is 4.79 Å². The minimum absolute atomic E-state index is 0.238. The van der Waals surface area contributed by atoms with E-state index in [2.05, 4.69) is 0 Å². The van der Waals surface area contributed by atoms with Crippen LogP contribution in [0.3, 0.4) is 0 Å². The van der Waals surface area contributed by atoms with E-state index < -0.39 is 17.8 Å². The van der Waals surface area contributed by atoms with E-state index in [0.717, 1.165) is 11.3 Å². The zero-order chi connectivity index (χ0) is 15.7. The molecule has 110 valence electrons. The molecule has 0 bridgehead atoms. The first kappa shape index (κ1) is 14.1. The third-order valence-electron chi connectivity index (χ3n) is 3.94. The Morgan fingerprint density at radius 1 is 1.36 bits per heavy atom. The fourth-order valence-electron chi connectivity index (χ4n) is 2.83. The molecule has 0 radical (unpaired) electrons. The van der Waals surface area contributed by atoms with Gasteiger partial charge < -0.3 is 10.6 Å². The van der Waals surface area contributed by atoms with Gasteiger partial charge in [-0.2, -0.15) is 5.26 Å². The van der Waals surface area contributed by atoms with Gasteiger partial charge in [0.05, 0.1) is 11.6 Å². The molecule has 1 atom stereocenters. The zero-order valence-corrected chi connectivity index (χ0v) is 11.8. The van der Waals surface area contributed by atoms with Crippen molar-refractivity contribution in [3.8, 4) is 6.07 Å². The topological polar surface area (TPSA) is 70.1 Å². The molecule has 0 aromatic heterocycles. The number of rotatable bonds is 3. The highest BCUT2D eigenvalue weighted by Gasteiger charge is 2.33. The van der Waals surface area contributed by atoms with E-state index in [1.165, 1.54) is 6.07 Å². The lowest BCUT2D eigenvalue weighted by Gasteiger charge is -2.25. The fraction of sp³-hybridized carbons (Fsp3) is 0.176. The first-order valence-corrected chi connectivity index (χ1v) is 6.92. The van der Waals surface area contributed by atoms with Crippen LogP contribution >= 0.6 is 0 Å². The predicted molar refractivity (Wildman–Crippen MR) is 80.4 cm³/mol. The van der Waals surface area contributed by atoms with Crippen molar-refractivity contribution in [3.63, 3.8) is 0 Å².